The van der Waals surface area contributed by atoms with Crippen molar-refractivity contribution in [1.82, 2.24) is 10.2 Å². The van der Waals surface area contributed by atoms with Crippen LogP contribution < -0.4 is 10.2 Å². The van der Waals surface area contributed by atoms with E-state index in [1.807, 2.05) is 30.3 Å². The van der Waals surface area contributed by atoms with Crippen molar-refractivity contribution in [3.05, 3.63) is 70.5 Å². The smallest absolute Gasteiger partial charge is 0.328 e. The third-order valence-electron chi connectivity index (χ3n) is 4.46. The minimum absolute atomic E-state index is 0.0165. The molecule has 1 unspecified atom stereocenters. The number of aliphatic hydroxyl groups excluding tert-OH is 1. The molecule has 2 heterocycles. The molecular weight excluding hydrogens is 367 g/mol. The lowest BCUT2D eigenvalue weighted by atomic mass is 10.0. The van der Waals surface area contributed by atoms with Gasteiger partial charge >= 0.3 is 6.03 Å². The second-order valence-electron chi connectivity index (χ2n) is 6.29. The number of aromatic nitrogens is 2. The molecule has 2 amide bonds. The number of amides is 2. The summed E-state index contributed by atoms with van der Waals surface area (Å²) in [6.45, 7) is 0.397. The largest absolute Gasteiger partial charge is 0.396 e. The Hall–Kier alpha value is -2.84. The van der Waals surface area contributed by atoms with Gasteiger partial charge in [-0.3, -0.25) is 10.2 Å². The molecule has 2 N–H and O–H groups in total. The molecule has 0 fully saturated rings. The van der Waals surface area contributed by atoms with Gasteiger partial charge in [-0.15, -0.1) is 10.2 Å². The van der Waals surface area contributed by atoms with Gasteiger partial charge in [0.2, 0.25) is 5.13 Å². The zero-order chi connectivity index (χ0) is 18.8. The van der Waals surface area contributed by atoms with Gasteiger partial charge in [-0.05, 0) is 29.3 Å². The first kappa shape index (κ1) is 17.6. The Bertz CT molecular complexity index is 978. The van der Waals surface area contributed by atoms with Gasteiger partial charge in [0, 0.05) is 24.6 Å². The average Bonchev–Trinajstić information content (AvgIpc) is 3.26. The molecule has 8 heteroatoms. The highest BCUT2D eigenvalue weighted by atomic mass is 32.1. The van der Waals surface area contributed by atoms with Crippen LogP contribution in [0.1, 0.15) is 22.1 Å². The standard InChI is InChI=1S/C19H17FN4O2S/c20-14-5-3-4-12(8-14)9-17-22-23-18(27-17)21-19(26)24-10-13(11-25)15-6-1-2-7-16(15)24/h1-8,13,25H,9-11H2,(H,21,23,26). The number of para-hydroxylation sites is 1. The molecule has 138 valence electrons. The number of urea groups is 1. The summed E-state index contributed by atoms with van der Waals surface area (Å²) in [6.07, 6.45) is 0.449. The van der Waals surface area contributed by atoms with Crippen molar-refractivity contribution in [2.45, 2.75) is 12.3 Å². The number of hydrogen-bond acceptors (Lipinski definition) is 5. The zero-order valence-corrected chi connectivity index (χ0v) is 15.1. The molecule has 0 aliphatic carbocycles. The minimum Gasteiger partial charge on any atom is -0.396 e. The third kappa shape index (κ3) is 3.67. The molecule has 2 aromatic carbocycles. The summed E-state index contributed by atoms with van der Waals surface area (Å²) in [6, 6.07) is 13.5. The maximum Gasteiger partial charge on any atom is 0.328 e. The van der Waals surface area contributed by atoms with Crippen molar-refractivity contribution in [3.8, 4) is 0 Å². The summed E-state index contributed by atoms with van der Waals surface area (Å²) in [4.78, 5) is 14.3. The van der Waals surface area contributed by atoms with Crippen LogP contribution in [0.5, 0.6) is 0 Å². The van der Waals surface area contributed by atoms with Gasteiger partial charge in [0.1, 0.15) is 10.8 Å². The van der Waals surface area contributed by atoms with Gasteiger partial charge in [-0.25, -0.2) is 9.18 Å². The van der Waals surface area contributed by atoms with Gasteiger partial charge in [0.25, 0.3) is 0 Å². The third-order valence-corrected chi connectivity index (χ3v) is 5.30. The Morgan fingerprint density at radius 2 is 2.11 bits per heavy atom. The molecular formula is C19H17FN4O2S. The second kappa shape index (κ2) is 7.42. The van der Waals surface area contributed by atoms with Crippen LogP contribution >= 0.6 is 11.3 Å². The Kier molecular flexibility index (Phi) is 4.83. The molecule has 4 rings (SSSR count). The van der Waals surface area contributed by atoms with Crippen LogP contribution in [-0.2, 0) is 6.42 Å². The predicted octanol–water partition coefficient (Wildman–Crippen LogP) is 3.40. The molecule has 0 saturated heterocycles. The lowest BCUT2D eigenvalue weighted by molar-refractivity contribution is 0.253. The molecule has 1 aromatic heterocycles. The van der Waals surface area contributed by atoms with Crippen LogP contribution in [0, 0.1) is 5.82 Å². The molecule has 6 nitrogen and oxygen atoms in total. The van der Waals surface area contributed by atoms with E-state index in [2.05, 4.69) is 15.5 Å². The van der Waals surface area contributed by atoms with E-state index in [0.29, 0.717) is 23.1 Å². The van der Waals surface area contributed by atoms with E-state index in [1.54, 1.807) is 11.0 Å². The number of rotatable bonds is 4. The molecule has 1 aliphatic heterocycles. The summed E-state index contributed by atoms with van der Waals surface area (Å²) in [7, 11) is 0. The number of aliphatic hydroxyl groups is 1. The quantitative estimate of drug-likeness (QED) is 0.723. The van der Waals surface area contributed by atoms with Crippen LogP contribution in [0.15, 0.2) is 48.5 Å². The van der Waals surface area contributed by atoms with E-state index in [0.717, 1.165) is 16.8 Å². The summed E-state index contributed by atoms with van der Waals surface area (Å²) in [5, 5.41) is 21.5. The first-order valence-electron chi connectivity index (χ1n) is 8.49. The van der Waals surface area contributed by atoms with Crippen molar-refractivity contribution in [1.29, 1.82) is 0 Å². The van der Waals surface area contributed by atoms with E-state index < -0.39 is 0 Å². The Labute approximate surface area is 159 Å². The first-order valence-corrected chi connectivity index (χ1v) is 9.31. The first-order chi connectivity index (χ1) is 13.1. The number of nitrogens with zero attached hydrogens (tertiary/aromatic N) is 3. The number of carbonyl (C=O) groups excluding carboxylic acids is 1. The Morgan fingerprint density at radius 1 is 1.26 bits per heavy atom. The molecule has 27 heavy (non-hydrogen) atoms. The maximum atomic E-state index is 13.3. The molecule has 0 spiro atoms. The molecule has 0 radical (unpaired) electrons. The number of hydrogen-bond donors (Lipinski definition) is 2. The number of fused-ring (bicyclic) bond motifs is 1. The fraction of sp³-hybridized carbons (Fsp3) is 0.211. The van der Waals surface area contributed by atoms with E-state index in [4.69, 9.17) is 0 Å². The van der Waals surface area contributed by atoms with Gasteiger partial charge in [-0.1, -0.05) is 41.7 Å². The van der Waals surface area contributed by atoms with Crippen molar-refractivity contribution in [2.24, 2.45) is 0 Å². The van der Waals surface area contributed by atoms with Crippen molar-refractivity contribution in [3.63, 3.8) is 0 Å². The van der Waals surface area contributed by atoms with Gasteiger partial charge in [0.05, 0.1) is 6.61 Å². The second-order valence-corrected chi connectivity index (χ2v) is 7.35. The number of anilines is 2. The highest BCUT2D eigenvalue weighted by Crippen LogP contribution is 2.36. The molecule has 1 atom stereocenters. The van der Waals surface area contributed by atoms with Crippen molar-refractivity contribution in [2.75, 3.05) is 23.4 Å². The van der Waals surface area contributed by atoms with Gasteiger partial charge in [0.15, 0.2) is 0 Å². The monoisotopic (exact) mass is 384 g/mol. The van der Waals surface area contributed by atoms with Crippen molar-refractivity contribution < 1.29 is 14.3 Å². The summed E-state index contributed by atoms with van der Waals surface area (Å²) in [5.41, 5.74) is 2.54. The van der Waals surface area contributed by atoms with Crippen molar-refractivity contribution >= 4 is 28.2 Å². The highest BCUT2D eigenvalue weighted by Gasteiger charge is 2.32. The van der Waals surface area contributed by atoms with Crippen LogP contribution in [0.25, 0.3) is 0 Å². The SMILES string of the molecule is O=C(Nc1nnc(Cc2cccc(F)c2)s1)N1CC(CO)c2ccccc21. The van der Waals surface area contributed by atoms with Crippen LogP contribution in [0.4, 0.5) is 20.0 Å². The van der Waals surface area contributed by atoms with E-state index in [9.17, 15) is 14.3 Å². The molecule has 0 saturated carbocycles. The summed E-state index contributed by atoms with van der Waals surface area (Å²) >= 11 is 1.26. The Balaban J connectivity index is 1.46. The van der Waals surface area contributed by atoms with Crippen LogP contribution in [0.2, 0.25) is 0 Å². The maximum absolute atomic E-state index is 13.3. The number of halogens is 1. The van der Waals surface area contributed by atoms with E-state index in [-0.39, 0.29) is 24.4 Å². The highest BCUT2D eigenvalue weighted by molar-refractivity contribution is 7.15. The fourth-order valence-electron chi connectivity index (χ4n) is 3.20. The number of nitrogens with one attached hydrogen (secondary N) is 1. The molecule has 1 aliphatic rings. The van der Waals surface area contributed by atoms with Gasteiger partial charge in [-0.2, -0.15) is 0 Å². The van der Waals surface area contributed by atoms with Gasteiger partial charge < -0.3 is 5.11 Å². The topological polar surface area (TPSA) is 78.4 Å². The average molecular weight is 384 g/mol. The van der Waals surface area contributed by atoms with E-state index >= 15 is 0 Å². The fourth-order valence-corrected chi connectivity index (χ4v) is 3.96. The number of carbonyl (C=O) groups is 1. The lowest BCUT2D eigenvalue weighted by Crippen LogP contribution is -2.34. The lowest BCUT2D eigenvalue weighted by Gasteiger charge is -2.17. The molecule has 3 aromatic rings. The zero-order valence-electron chi connectivity index (χ0n) is 14.3. The van der Waals surface area contributed by atoms with E-state index in [1.165, 1.54) is 23.5 Å². The normalized spacial score (nSPS) is 15.6. The predicted molar refractivity (Wildman–Crippen MR) is 102 cm³/mol. The van der Waals surface area contributed by atoms with Crippen LogP contribution in [0.3, 0.4) is 0 Å². The Morgan fingerprint density at radius 3 is 2.93 bits per heavy atom. The number of benzene rings is 2. The summed E-state index contributed by atoms with van der Waals surface area (Å²) < 4.78 is 13.3. The van der Waals surface area contributed by atoms with Crippen LogP contribution in [-0.4, -0.2) is 34.5 Å². The summed E-state index contributed by atoms with van der Waals surface area (Å²) in [5.74, 6) is -0.387. The molecule has 0 bridgehead atoms. The minimum atomic E-state index is -0.313.